The van der Waals surface area contributed by atoms with Crippen molar-refractivity contribution >= 4 is 11.5 Å². The van der Waals surface area contributed by atoms with Gasteiger partial charge in [-0.2, -0.15) is 0 Å². The van der Waals surface area contributed by atoms with E-state index in [1.54, 1.807) is 30.3 Å². The van der Waals surface area contributed by atoms with Gasteiger partial charge in [-0.3, -0.25) is 0 Å². The zero-order valence-corrected chi connectivity index (χ0v) is 11.5. The number of aliphatic carboxylic acids is 1. The molecule has 0 aliphatic carbocycles. The van der Waals surface area contributed by atoms with Crippen molar-refractivity contribution < 1.29 is 19.0 Å². The summed E-state index contributed by atoms with van der Waals surface area (Å²) >= 11 is 0. The third-order valence-electron chi connectivity index (χ3n) is 2.87. The molecule has 0 aliphatic heterocycles. The van der Waals surface area contributed by atoms with Gasteiger partial charge in [-0.15, -0.1) is 0 Å². The SMILES string of the molecule is CCOc1ccc(/C(=C/C(=O)[O-])c2cccc(F)c2)cc1. The molecular formula is C17H14FO3-. The molecule has 21 heavy (non-hydrogen) atoms. The summed E-state index contributed by atoms with van der Waals surface area (Å²) < 4.78 is 18.7. The van der Waals surface area contributed by atoms with Crippen molar-refractivity contribution in [2.24, 2.45) is 0 Å². The lowest BCUT2D eigenvalue weighted by atomic mass is 9.97. The molecule has 2 aromatic rings. The molecule has 0 radical (unpaired) electrons. The highest BCUT2D eigenvalue weighted by atomic mass is 19.1. The third kappa shape index (κ3) is 3.92. The molecule has 0 aromatic heterocycles. The van der Waals surface area contributed by atoms with Crippen LogP contribution in [0.15, 0.2) is 54.6 Å². The summed E-state index contributed by atoms with van der Waals surface area (Å²) in [5, 5.41) is 10.9. The molecule has 108 valence electrons. The number of ether oxygens (including phenoxy) is 1. The number of hydrogen-bond donors (Lipinski definition) is 0. The molecule has 0 heterocycles. The van der Waals surface area contributed by atoms with Crippen LogP contribution < -0.4 is 9.84 Å². The highest BCUT2D eigenvalue weighted by Crippen LogP contribution is 2.25. The maximum atomic E-state index is 13.3. The van der Waals surface area contributed by atoms with E-state index < -0.39 is 11.8 Å². The van der Waals surface area contributed by atoms with E-state index >= 15 is 0 Å². The minimum atomic E-state index is -1.33. The first-order valence-electron chi connectivity index (χ1n) is 6.52. The summed E-state index contributed by atoms with van der Waals surface area (Å²) in [5.41, 5.74) is 1.51. The Kier molecular flexibility index (Phi) is 4.72. The topological polar surface area (TPSA) is 49.4 Å². The van der Waals surface area contributed by atoms with Crippen LogP contribution in [0.1, 0.15) is 18.1 Å². The fourth-order valence-corrected chi connectivity index (χ4v) is 2.00. The van der Waals surface area contributed by atoms with Crippen molar-refractivity contribution in [2.75, 3.05) is 6.61 Å². The van der Waals surface area contributed by atoms with Crippen LogP contribution in [-0.2, 0) is 4.79 Å². The number of carbonyl (C=O) groups is 1. The normalized spacial score (nSPS) is 11.2. The lowest BCUT2D eigenvalue weighted by Crippen LogP contribution is -2.19. The molecule has 0 N–H and O–H groups in total. The predicted molar refractivity (Wildman–Crippen MR) is 76.1 cm³/mol. The van der Waals surface area contributed by atoms with Crippen molar-refractivity contribution in [1.82, 2.24) is 0 Å². The summed E-state index contributed by atoms with van der Waals surface area (Å²) in [6, 6.07) is 12.7. The highest BCUT2D eigenvalue weighted by Gasteiger charge is 2.07. The molecule has 0 fully saturated rings. The number of carbonyl (C=O) groups excluding carboxylic acids is 1. The van der Waals surface area contributed by atoms with Crippen LogP contribution in [0.25, 0.3) is 5.57 Å². The van der Waals surface area contributed by atoms with Gasteiger partial charge < -0.3 is 14.6 Å². The molecule has 0 saturated carbocycles. The molecule has 2 rings (SSSR count). The minimum absolute atomic E-state index is 0.387. The first-order valence-corrected chi connectivity index (χ1v) is 6.52. The Bertz CT molecular complexity index is 660. The zero-order valence-electron chi connectivity index (χ0n) is 11.5. The zero-order chi connectivity index (χ0) is 15.2. The number of halogens is 1. The van der Waals surface area contributed by atoms with Crippen molar-refractivity contribution in [3.8, 4) is 5.75 Å². The monoisotopic (exact) mass is 285 g/mol. The van der Waals surface area contributed by atoms with Gasteiger partial charge in [0.25, 0.3) is 0 Å². The molecule has 0 spiro atoms. The van der Waals surface area contributed by atoms with E-state index in [0.717, 1.165) is 6.08 Å². The summed E-state index contributed by atoms with van der Waals surface area (Å²) in [4.78, 5) is 10.9. The Morgan fingerprint density at radius 3 is 2.48 bits per heavy atom. The number of benzene rings is 2. The summed E-state index contributed by atoms with van der Waals surface area (Å²) in [5.74, 6) is -1.07. The van der Waals surface area contributed by atoms with Gasteiger partial charge in [0.15, 0.2) is 0 Å². The standard InChI is InChI=1S/C17H15FO3/c1-2-21-15-8-6-12(7-9-15)16(11-17(19)20)13-4-3-5-14(18)10-13/h3-11H,2H2,1H3,(H,19,20)/p-1/b16-11-. The first-order chi connectivity index (χ1) is 10.1. The van der Waals surface area contributed by atoms with Crippen molar-refractivity contribution in [2.45, 2.75) is 6.92 Å². The van der Waals surface area contributed by atoms with E-state index in [0.29, 0.717) is 29.1 Å². The molecule has 0 unspecified atom stereocenters. The highest BCUT2D eigenvalue weighted by molar-refractivity contribution is 5.94. The van der Waals surface area contributed by atoms with E-state index in [1.165, 1.54) is 18.2 Å². The maximum absolute atomic E-state index is 13.3. The molecule has 0 bridgehead atoms. The van der Waals surface area contributed by atoms with Crippen molar-refractivity contribution in [3.05, 3.63) is 71.6 Å². The summed E-state index contributed by atoms with van der Waals surface area (Å²) in [6.45, 7) is 2.42. The fraction of sp³-hybridized carbons (Fsp3) is 0.118. The first kappa shape index (κ1) is 14.8. The molecule has 4 heteroatoms. The number of hydrogen-bond acceptors (Lipinski definition) is 3. The van der Waals surface area contributed by atoms with Gasteiger partial charge in [-0.05, 0) is 54.0 Å². The smallest absolute Gasteiger partial charge is 0.123 e. The van der Waals surface area contributed by atoms with Crippen LogP contribution in [0.4, 0.5) is 4.39 Å². The second kappa shape index (κ2) is 6.70. The largest absolute Gasteiger partial charge is 0.545 e. The average molecular weight is 285 g/mol. The Labute approximate surface area is 122 Å². The van der Waals surface area contributed by atoms with E-state index in [1.807, 2.05) is 6.92 Å². The van der Waals surface area contributed by atoms with Gasteiger partial charge >= 0.3 is 0 Å². The Balaban J connectivity index is 2.44. The van der Waals surface area contributed by atoms with Crippen LogP contribution >= 0.6 is 0 Å². The molecular weight excluding hydrogens is 271 g/mol. The summed E-state index contributed by atoms with van der Waals surface area (Å²) in [7, 11) is 0. The Morgan fingerprint density at radius 1 is 1.19 bits per heavy atom. The number of carboxylic acids is 1. The predicted octanol–water partition coefficient (Wildman–Crippen LogP) is 2.41. The Morgan fingerprint density at radius 2 is 1.90 bits per heavy atom. The lowest BCUT2D eigenvalue weighted by Gasteiger charge is -2.11. The Hall–Kier alpha value is -2.62. The quantitative estimate of drug-likeness (QED) is 0.793. The van der Waals surface area contributed by atoms with Crippen LogP contribution in [0, 0.1) is 5.82 Å². The third-order valence-corrected chi connectivity index (χ3v) is 2.87. The molecule has 0 amide bonds. The van der Waals surface area contributed by atoms with Crippen molar-refractivity contribution in [3.63, 3.8) is 0 Å². The van der Waals surface area contributed by atoms with Gasteiger partial charge in [-0.25, -0.2) is 4.39 Å². The molecule has 2 aromatic carbocycles. The van der Waals surface area contributed by atoms with E-state index in [9.17, 15) is 14.3 Å². The average Bonchev–Trinajstić information content (AvgIpc) is 2.46. The van der Waals surface area contributed by atoms with Gasteiger partial charge in [-0.1, -0.05) is 24.3 Å². The molecule has 0 atom stereocenters. The van der Waals surface area contributed by atoms with Gasteiger partial charge in [0, 0.05) is 0 Å². The van der Waals surface area contributed by atoms with Crippen LogP contribution in [0.5, 0.6) is 5.75 Å². The molecule has 0 aliphatic rings. The fourth-order valence-electron chi connectivity index (χ4n) is 2.00. The lowest BCUT2D eigenvalue weighted by molar-refractivity contribution is -0.297. The molecule has 0 saturated heterocycles. The van der Waals surface area contributed by atoms with Crippen LogP contribution in [-0.4, -0.2) is 12.6 Å². The van der Waals surface area contributed by atoms with E-state index in [-0.39, 0.29) is 0 Å². The van der Waals surface area contributed by atoms with E-state index in [4.69, 9.17) is 4.74 Å². The molecule has 3 nitrogen and oxygen atoms in total. The van der Waals surface area contributed by atoms with Crippen LogP contribution in [0.2, 0.25) is 0 Å². The second-order valence-corrected chi connectivity index (χ2v) is 4.34. The maximum Gasteiger partial charge on any atom is 0.123 e. The minimum Gasteiger partial charge on any atom is -0.545 e. The van der Waals surface area contributed by atoms with Gasteiger partial charge in [0.2, 0.25) is 0 Å². The second-order valence-electron chi connectivity index (χ2n) is 4.34. The van der Waals surface area contributed by atoms with Gasteiger partial charge in [0.05, 0.1) is 12.6 Å². The summed E-state index contributed by atoms with van der Waals surface area (Å²) in [6.07, 6.45) is 0.963. The number of rotatable bonds is 5. The van der Waals surface area contributed by atoms with Gasteiger partial charge in [0.1, 0.15) is 11.6 Å². The van der Waals surface area contributed by atoms with Crippen LogP contribution in [0.3, 0.4) is 0 Å². The van der Waals surface area contributed by atoms with Crippen molar-refractivity contribution in [1.29, 1.82) is 0 Å². The van der Waals surface area contributed by atoms with E-state index in [2.05, 4.69) is 0 Å². The number of carboxylic acid groups (broad SMARTS) is 1.